The molecule has 1 fully saturated rings. The number of hydrogen-bond acceptors (Lipinski definition) is 6. The smallest absolute Gasteiger partial charge is 0.266 e. The van der Waals surface area contributed by atoms with Crippen molar-refractivity contribution in [3.8, 4) is 11.3 Å². The maximum Gasteiger partial charge on any atom is 0.266 e. The second kappa shape index (κ2) is 8.06. The summed E-state index contributed by atoms with van der Waals surface area (Å²) in [6, 6.07) is 8.31. The average Bonchev–Trinajstić information content (AvgIpc) is 3.19. The minimum absolute atomic E-state index is 0.162. The first-order valence-electron chi connectivity index (χ1n) is 8.25. The van der Waals surface area contributed by atoms with E-state index in [2.05, 4.69) is 0 Å². The topological polar surface area (TPSA) is 73.6 Å². The number of halogens is 1. The number of carbonyl (C=O) groups is 2. The lowest BCUT2D eigenvalue weighted by Gasteiger charge is -2.27. The first-order chi connectivity index (χ1) is 12.9. The molecule has 8 heteroatoms. The van der Waals surface area contributed by atoms with Crippen LogP contribution in [-0.2, 0) is 9.59 Å². The van der Waals surface area contributed by atoms with Crippen LogP contribution in [0.3, 0.4) is 0 Å². The summed E-state index contributed by atoms with van der Waals surface area (Å²) >= 11 is 6.18. The third-order valence-corrected chi connectivity index (χ3v) is 5.34. The molecule has 1 saturated heterocycles. The van der Waals surface area contributed by atoms with Gasteiger partial charge in [-0.1, -0.05) is 49.5 Å². The molecule has 0 spiro atoms. The molecular formula is C19H15FNO4S2-. The molecule has 1 aliphatic heterocycles. The Kier molecular flexibility index (Phi) is 5.76. The largest absolute Gasteiger partial charge is 0.548 e. The van der Waals surface area contributed by atoms with Crippen LogP contribution in [0.1, 0.15) is 25.5 Å². The second-order valence-electron chi connectivity index (χ2n) is 5.86. The van der Waals surface area contributed by atoms with Crippen LogP contribution in [-0.4, -0.2) is 27.1 Å². The molecule has 1 atom stereocenters. The van der Waals surface area contributed by atoms with Crippen LogP contribution in [0.4, 0.5) is 4.39 Å². The Morgan fingerprint density at radius 1 is 1.37 bits per heavy atom. The molecule has 1 aromatic heterocycles. The van der Waals surface area contributed by atoms with Crippen molar-refractivity contribution in [2.24, 2.45) is 0 Å². The number of thioether (sulfide) groups is 1. The fourth-order valence-corrected chi connectivity index (χ4v) is 4.08. The highest BCUT2D eigenvalue weighted by Gasteiger charge is 2.37. The summed E-state index contributed by atoms with van der Waals surface area (Å²) in [5.41, 5.74) is 0.310. The SMILES string of the molecule is CCC[C@H](C(=O)[O-])N1C(=O)/C(=C\c2ccc(-c3ccccc3F)o2)SC1=S. The molecule has 0 N–H and O–H groups in total. The zero-order valence-corrected chi connectivity index (χ0v) is 15.9. The first-order valence-corrected chi connectivity index (χ1v) is 9.47. The van der Waals surface area contributed by atoms with Crippen LogP contribution < -0.4 is 5.11 Å². The molecule has 0 unspecified atom stereocenters. The highest BCUT2D eigenvalue weighted by Crippen LogP contribution is 2.35. The van der Waals surface area contributed by atoms with Crippen LogP contribution in [0.25, 0.3) is 17.4 Å². The van der Waals surface area contributed by atoms with Gasteiger partial charge in [0, 0.05) is 6.08 Å². The number of nitrogens with zero attached hydrogens (tertiary/aromatic N) is 1. The van der Waals surface area contributed by atoms with E-state index >= 15 is 0 Å². The fourth-order valence-electron chi connectivity index (χ4n) is 2.74. The van der Waals surface area contributed by atoms with Crippen LogP contribution >= 0.6 is 24.0 Å². The predicted octanol–water partition coefficient (Wildman–Crippen LogP) is 3.21. The van der Waals surface area contributed by atoms with Crippen LogP contribution in [0.5, 0.6) is 0 Å². The predicted molar refractivity (Wildman–Crippen MR) is 103 cm³/mol. The van der Waals surface area contributed by atoms with Crippen LogP contribution in [0, 0.1) is 5.82 Å². The van der Waals surface area contributed by atoms with Gasteiger partial charge in [-0.15, -0.1) is 0 Å². The van der Waals surface area contributed by atoms with E-state index < -0.39 is 23.7 Å². The molecule has 140 valence electrons. The second-order valence-corrected chi connectivity index (χ2v) is 7.53. The quantitative estimate of drug-likeness (QED) is 0.544. The molecule has 1 amide bonds. The van der Waals surface area contributed by atoms with Gasteiger partial charge in [-0.25, -0.2) is 4.39 Å². The Balaban J connectivity index is 1.86. The Labute approximate surface area is 164 Å². The van der Waals surface area contributed by atoms with Gasteiger partial charge in [0.2, 0.25) is 0 Å². The molecule has 27 heavy (non-hydrogen) atoms. The number of benzene rings is 1. The van der Waals surface area contributed by atoms with Crippen molar-refractivity contribution < 1.29 is 23.5 Å². The summed E-state index contributed by atoms with van der Waals surface area (Å²) in [5.74, 6) is -1.59. The van der Waals surface area contributed by atoms with E-state index in [9.17, 15) is 19.1 Å². The van der Waals surface area contributed by atoms with E-state index in [4.69, 9.17) is 16.6 Å². The lowest BCUT2D eigenvalue weighted by Crippen LogP contribution is -2.49. The van der Waals surface area contributed by atoms with Crippen LogP contribution in [0.2, 0.25) is 0 Å². The number of rotatable bonds is 6. The van der Waals surface area contributed by atoms with Gasteiger partial charge < -0.3 is 14.3 Å². The Bertz CT molecular complexity index is 937. The van der Waals surface area contributed by atoms with Crippen molar-refractivity contribution in [1.82, 2.24) is 4.90 Å². The summed E-state index contributed by atoms with van der Waals surface area (Å²) in [7, 11) is 0. The molecule has 0 bridgehead atoms. The lowest BCUT2D eigenvalue weighted by atomic mass is 10.1. The van der Waals surface area contributed by atoms with E-state index in [-0.39, 0.29) is 15.6 Å². The number of furan rings is 1. The van der Waals surface area contributed by atoms with Gasteiger partial charge >= 0.3 is 0 Å². The third kappa shape index (κ3) is 3.96. The standard InChI is InChI=1S/C19H16FNO4S2/c1-2-5-14(18(23)24)21-17(22)16(27-19(21)26)10-11-8-9-15(25-11)12-6-3-4-7-13(12)20/h3-4,6-10,14H,2,5H2,1H3,(H,23,24)/p-1/b16-10+/t14-/m1/s1. The Hall–Kier alpha value is -2.45. The van der Waals surface area contributed by atoms with Crippen molar-refractivity contribution in [2.75, 3.05) is 0 Å². The molecule has 5 nitrogen and oxygen atoms in total. The number of carbonyl (C=O) groups excluding carboxylic acids is 2. The Morgan fingerprint density at radius 3 is 2.78 bits per heavy atom. The molecule has 1 aromatic carbocycles. The molecule has 0 aliphatic carbocycles. The normalized spacial score (nSPS) is 17.0. The van der Waals surface area contributed by atoms with Gasteiger partial charge in [-0.05, 0) is 30.7 Å². The van der Waals surface area contributed by atoms with Gasteiger partial charge in [0.05, 0.1) is 22.5 Å². The average molecular weight is 404 g/mol. The van der Waals surface area contributed by atoms with Gasteiger partial charge in [-0.2, -0.15) is 0 Å². The number of amides is 1. The summed E-state index contributed by atoms with van der Waals surface area (Å²) in [4.78, 5) is 25.3. The summed E-state index contributed by atoms with van der Waals surface area (Å²) in [6.07, 6.45) is 2.29. The van der Waals surface area contributed by atoms with Crippen molar-refractivity contribution in [1.29, 1.82) is 0 Å². The number of hydrogen-bond donors (Lipinski definition) is 0. The highest BCUT2D eigenvalue weighted by molar-refractivity contribution is 8.26. The summed E-state index contributed by atoms with van der Waals surface area (Å²) < 4.78 is 19.6. The van der Waals surface area contributed by atoms with E-state index in [1.54, 1.807) is 30.3 Å². The van der Waals surface area contributed by atoms with E-state index in [0.29, 0.717) is 23.5 Å². The molecule has 0 radical (unpaired) electrons. The first kappa shape index (κ1) is 19.3. The lowest BCUT2D eigenvalue weighted by molar-refractivity contribution is -0.310. The third-order valence-electron chi connectivity index (χ3n) is 4.01. The van der Waals surface area contributed by atoms with Gasteiger partial charge in [0.25, 0.3) is 5.91 Å². The Morgan fingerprint density at radius 2 is 2.11 bits per heavy atom. The van der Waals surface area contributed by atoms with E-state index in [1.807, 2.05) is 6.92 Å². The van der Waals surface area contributed by atoms with Crippen molar-refractivity contribution >= 4 is 46.3 Å². The minimum Gasteiger partial charge on any atom is -0.548 e. The maximum absolute atomic E-state index is 13.9. The zero-order valence-electron chi connectivity index (χ0n) is 14.3. The molecule has 1 aliphatic rings. The summed E-state index contributed by atoms with van der Waals surface area (Å²) in [5, 5.41) is 11.4. The molecule has 2 aromatic rings. The van der Waals surface area contributed by atoms with Crippen molar-refractivity contribution in [3.63, 3.8) is 0 Å². The van der Waals surface area contributed by atoms with E-state index in [0.717, 1.165) is 16.7 Å². The van der Waals surface area contributed by atoms with Gasteiger partial charge in [-0.3, -0.25) is 9.69 Å². The molecule has 0 saturated carbocycles. The number of carboxylic acid groups (broad SMARTS) is 1. The monoisotopic (exact) mass is 404 g/mol. The molecule has 2 heterocycles. The zero-order chi connectivity index (χ0) is 19.6. The van der Waals surface area contributed by atoms with Crippen molar-refractivity contribution in [2.45, 2.75) is 25.8 Å². The maximum atomic E-state index is 13.9. The summed E-state index contributed by atoms with van der Waals surface area (Å²) in [6.45, 7) is 1.82. The number of thiocarbonyl (C=S) groups is 1. The molecule has 3 rings (SSSR count). The van der Waals surface area contributed by atoms with Gasteiger partial charge in [0.15, 0.2) is 0 Å². The van der Waals surface area contributed by atoms with E-state index in [1.165, 1.54) is 12.1 Å². The number of aliphatic carboxylic acids is 1. The van der Waals surface area contributed by atoms with Crippen LogP contribution in [0.15, 0.2) is 45.7 Å². The molecular weight excluding hydrogens is 389 g/mol. The number of carboxylic acids is 1. The highest BCUT2D eigenvalue weighted by atomic mass is 32.2. The fraction of sp³-hybridized carbons (Fsp3) is 0.211. The van der Waals surface area contributed by atoms with Gasteiger partial charge in [0.1, 0.15) is 21.7 Å². The van der Waals surface area contributed by atoms with Crippen molar-refractivity contribution in [3.05, 3.63) is 52.9 Å². The minimum atomic E-state index is -1.34.